The Hall–Kier alpha value is -2.82. The maximum atomic E-state index is 12.7. The summed E-state index contributed by atoms with van der Waals surface area (Å²) in [5, 5.41) is 3.10. The second kappa shape index (κ2) is 11.0. The number of carbonyl (C=O) groups excluding carboxylic acids is 2. The zero-order valence-corrected chi connectivity index (χ0v) is 18.8. The smallest absolute Gasteiger partial charge is 0.260 e. The van der Waals surface area contributed by atoms with Crippen molar-refractivity contribution in [3.8, 4) is 5.75 Å². The first-order chi connectivity index (χ1) is 14.9. The van der Waals surface area contributed by atoms with Crippen molar-refractivity contribution in [1.29, 1.82) is 0 Å². The summed E-state index contributed by atoms with van der Waals surface area (Å²) in [4.78, 5) is 26.9. The van der Waals surface area contributed by atoms with Gasteiger partial charge in [0.2, 0.25) is 5.91 Å². The molecule has 0 aromatic heterocycles. The Morgan fingerprint density at radius 3 is 2.32 bits per heavy atom. The van der Waals surface area contributed by atoms with E-state index >= 15 is 0 Å². The third-order valence-corrected chi connectivity index (χ3v) is 6.15. The number of likely N-dealkylation sites (tertiary alicyclic amines) is 1. The van der Waals surface area contributed by atoms with Crippen LogP contribution in [0.3, 0.4) is 0 Å². The van der Waals surface area contributed by atoms with E-state index in [0.29, 0.717) is 31.8 Å². The van der Waals surface area contributed by atoms with Crippen LogP contribution in [0, 0.1) is 11.8 Å². The van der Waals surface area contributed by atoms with Crippen molar-refractivity contribution in [2.24, 2.45) is 11.8 Å². The van der Waals surface area contributed by atoms with Gasteiger partial charge in [-0.15, -0.1) is 0 Å². The number of hydrogen-bond donors (Lipinski definition) is 1. The van der Waals surface area contributed by atoms with Gasteiger partial charge in [0, 0.05) is 31.5 Å². The lowest BCUT2D eigenvalue weighted by Gasteiger charge is -2.32. The third-order valence-electron chi connectivity index (χ3n) is 6.15. The first-order valence-corrected chi connectivity index (χ1v) is 11.3. The summed E-state index contributed by atoms with van der Waals surface area (Å²) in [5.74, 6) is 1.23. The van der Waals surface area contributed by atoms with Crippen LogP contribution >= 0.6 is 0 Å². The number of benzene rings is 2. The van der Waals surface area contributed by atoms with Crippen LogP contribution in [0.2, 0.25) is 0 Å². The van der Waals surface area contributed by atoms with Gasteiger partial charge in [-0.2, -0.15) is 0 Å². The number of amides is 2. The molecule has 0 radical (unpaired) electrons. The molecule has 2 amide bonds. The van der Waals surface area contributed by atoms with Crippen molar-refractivity contribution < 1.29 is 14.3 Å². The summed E-state index contributed by atoms with van der Waals surface area (Å²) in [6.07, 6.45) is 2.17. The predicted molar refractivity (Wildman–Crippen MR) is 123 cm³/mol. The number of nitrogens with zero attached hydrogens (tertiary/aromatic N) is 1. The number of para-hydroxylation sites is 1. The number of hydrogen-bond acceptors (Lipinski definition) is 3. The molecule has 5 nitrogen and oxygen atoms in total. The first kappa shape index (κ1) is 22.9. The molecule has 0 spiro atoms. The van der Waals surface area contributed by atoms with Gasteiger partial charge >= 0.3 is 0 Å². The van der Waals surface area contributed by atoms with Gasteiger partial charge in [-0.25, -0.2) is 0 Å². The molecule has 1 saturated heterocycles. The van der Waals surface area contributed by atoms with Crippen LogP contribution in [-0.2, 0) is 16.0 Å². The zero-order valence-electron chi connectivity index (χ0n) is 18.8. The SMILES string of the molecule is CC(C)C(C)NC(=O)C1CCN(C(=O)COc2ccccc2Cc2ccccc2)CC1. The Morgan fingerprint density at radius 1 is 1.00 bits per heavy atom. The molecule has 31 heavy (non-hydrogen) atoms. The normalized spacial score (nSPS) is 15.5. The van der Waals surface area contributed by atoms with E-state index in [1.807, 2.05) is 54.3 Å². The summed E-state index contributed by atoms with van der Waals surface area (Å²) in [5.41, 5.74) is 2.27. The number of nitrogens with one attached hydrogen (secondary N) is 1. The van der Waals surface area contributed by atoms with E-state index in [9.17, 15) is 9.59 Å². The summed E-state index contributed by atoms with van der Waals surface area (Å²) >= 11 is 0. The number of piperidine rings is 1. The molecule has 1 aliphatic rings. The van der Waals surface area contributed by atoms with Crippen LogP contribution in [0.15, 0.2) is 54.6 Å². The lowest BCUT2D eigenvalue weighted by molar-refractivity contribution is -0.137. The van der Waals surface area contributed by atoms with Crippen LogP contribution in [0.5, 0.6) is 5.75 Å². The van der Waals surface area contributed by atoms with Crippen molar-refractivity contribution in [1.82, 2.24) is 10.2 Å². The maximum Gasteiger partial charge on any atom is 0.260 e. The molecule has 2 aromatic carbocycles. The molecule has 1 N–H and O–H groups in total. The van der Waals surface area contributed by atoms with E-state index in [-0.39, 0.29) is 30.4 Å². The lowest BCUT2D eigenvalue weighted by atomic mass is 9.95. The minimum absolute atomic E-state index is 0.0160. The molecule has 5 heteroatoms. The quantitative estimate of drug-likeness (QED) is 0.698. The Balaban J connectivity index is 1.48. The number of ether oxygens (including phenoxy) is 1. The maximum absolute atomic E-state index is 12.7. The number of rotatable bonds is 8. The zero-order chi connectivity index (χ0) is 22.2. The lowest BCUT2D eigenvalue weighted by Crippen LogP contribution is -2.46. The second-order valence-corrected chi connectivity index (χ2v) is 8.76. The Bertz CT molecular complexity index is 858. The van der Waals surface area contributed by atoms with Gasteiger partial charge < -0.3 is 15.0 Å². The van der Waals surface area contributed by atoms with Crippen molar-refractivity contribution in [2.75, 3.05) is 19.7 Å². The van der Waals surface area contributed by atoms with Crippen LogP contribution in [0.25, 0.3) is 0 Å². The molecule has 166 valence electrons. The summed E-state index contributed by atoms with van der Waals surface area (Å²) in [6.45, 7) is 7.46. The Kier molecular flexibility index (Phi) is 8.10. The van der Waals surface area contributed by atoms with Gasteiger partial charge in [-0.3, -0.25) is 9.59 Å². The molecule has 1 unspecified atom stereocenters. The summed E-state index contributed by atoms with van der Waals surface area (Å²) < 4.78 is 5.91. The standard InChI is InChI=1S/C26H34N2O3/c1-19(2)20(3)27-26(30)22-13-15-28(16-14-22)25(29)18-31-24-12-8-7-11-23(24)17-21-9-5-4-6-10-21/h4-12,19-20,22H,13-18H2,1-3H3,(H,27,30). The minimum atomic E-state index is -0.0241. The van der Waals surface area contributed by atoms with Crippen molar-refractivity contribution in [2.45, 2.75) is 46.1 Å². The van der Waals surface area contributed by atoms with Gasteiger partial charge in [0.1, 0.15) is 5.75 Å². The average molecular weight is 423 g/mol. The second-order valence-electron chi connectivity index (χ2n) is 8.76. The highest BCUT2D eigenvalue weighted by Gasteiger charge is 2.28. The number of carbonyl (C=O) groups is 2. The fraction of sp³-hybridized carbons (Fsp3) is 0.462. The van der Waals surface area contributed by atoms with Gasteiger partial charge in [-0.1, -0.05) is 62.4 Å². The third kappa shape index (κ3) is 6.58. The van der Waals surface area contributed by atoms with E-state index in [0.717, 1.165) is 17.7 Å². The highest BCUT2D eigenvalue weighted by atomic mass is 16.5. The van der Waals surface area contributed by atoms with Gasteiger partial charge in [-0.05, 0) is 42.9 Å². The van der Waals surface area contributed by atoms with E-state index in [2.05, 4.69) is 31.3 Å². The highest BCUT2D eigenvalue weighted by molar-refractivity contribution is 5.80. The molecular formula is C26H34N2O3. The molecular weight excluding hydrogens is 388 g/mol. The fourth-order valence-electron chi connectivity index (χ4n) is 3.74. The summed E-state index contributed by atoms with van der Waals surface area (Å²) in [7, 11) is 0. The molecule has 0 saturated carbocycles. The van der Waals surface area contributed by atoms with Crippen molar-refractivity contribution >= 4 is 11.8 Å². The van der Waals surface area contributed by atoms with Crippen molar-refractivity contribution in [3.05, 3.63) is 65.7 Å². The average Bonchev–Trinajstić information content (AvgIpc) is 2.79. The largest absolute Gasteiger partial charge is 0.483 e. The molecule has 2 aromatic rings. The molecule has 1 fully saturated rings. The Morgan fingerprint density at radius 2 is 1.65 bits per heavy atom. The Labute approximate surface area is 185 Å². The van der Waals surface area contributed by atoms with E-state index in [1.165, 1.54) is 5.56 Å². The molecule has 0 bridgehead atoms. The molecule has 1 heterocycles. The van der Waals surface area contributed by atoms with Crippen molar-refractivity contribution in [3.63, 3.8) is 0 Å². The monoisotopic (exact) mass is 422 g/mol. The van der Waals surface area contributed by atoms with Crippen LogP contribution in [0.4, 0.5) is 0 Å². The van der Waals surface area contributed by atoms with Gasteiger partial charge in [0.15, 0.2) is 6.61 Å². The molecule has 1 atom stereocenters. The molecule has 0 aliphatic carbocycles. The predicted octanol–water partition coefficient (Wildman–Crippen LogP) is 4.06. The first-order valence-electron chi connectivity index (χ1n) is 11.3. The van der Waals surface area contributed by atoms with Crippen LogP contribution < -0.4 is 10.1 Å². The van der Waals surface area contributed by atoms with Crippen LogP contribution in [-0.4, -0.2) is 42.5 Å². The van der Waals surface area contributed by atoms with E-state index in [4.69, 9.17) is 4.74 Å². The van der Waals surface area contributed by atoms with E-state index < -0.39 is 0 Å². The summed E-state index contributed by atoms with van der Waals surface area (Å²) in [6, 6.07) is 18.3. The van der Waals surface area contributed by atoms with Gasteiger partial charge in [0.25, 0.3) is 5.91 Å². The fourth-order valence-corrected chi connectivity index (χ4v) is 3.74. The molecule has 3 rings (SSSR count). The molecule has 1 aliphatic heterocycles. The highest BCUT2D eigenvalue weighted by Crippen LogP contribution is 2.22. The van der Waals surface area contributed by atoms with Gasteiger partial charge in [0.05, 0.1) is 0 Å². The topological polar surface area (TPSA) is 58.6 Å². The minimum Gasteiger partial charge on any atom is -0.483 e. The van der Waals surface area contributed by atoms with Crippen LogP contribution in [0.1, 0.15) is 44.7 Å². The van der Waals surface area contributed by atoms with E-state index in [1.54, 1.807) is 0 Å².